The molecule has 3 rings (SSSR count). The molecule has 1 heterocycles. The van der Waals surface area contributed by atoms with Crippen molar-refractivity contribution in [3.63, 3.8) is 0 Å². The molecule has 0 fully saturated rings. The normalized spacial score (nSPS) is 10.5. The minimum absolute atomic E-state index is 0.206. The fourth-order valence-corrected chi connectivity index (χ4v) is 2.89. The maximum Gasteiger partial charge on any atom is 0.273 e. The van der Waals surface area contributed by atoms with Gasteiger partial charge in [0.2, 0.25) is 5.89 Å². The fourth-order valence-electron chi connectivity index (χ4n) is 2.89. The van der Waals surface area contributed by atoms with E-state index in [1.807, 2.05) is 12.1 Å². The van der Waals surface area contributed by atoms with Gasteiger partial charge < -0.3 is 24.3 Å². The van der Waals surface area contributed by atoms with E-state index >= 15 is 0 Å². The molecule has 0 saturated carbocycles. The Hall–Kier alpha value is -3.48. The Morgan fingerprint density at radius 3 is 2.64 bits per heavy atom. The first-order valence-corrected chi connectivity index (χ1v) is 8.79. The van der Waals surface area contributed by atoms with Crippen molar-refractivity contribution in [2.75, 3.05) is 20.8 Å². The fraction of sp³-hybridized carbons (Fsp3) is 0.238. The summed E-state index contributed by atoms with van der Waals surface area (Å²) in [5, 5.41) is 12.6. The second kappa shape index (κ2) is 8.47. The predicted octanol–water partition coefficient (Wildman–Crippen LogP) is 3.35. The molecule has 0 bridgehead atoms. The Morgan fingerprint density at radius 2 is 1.93 bits per heavy atom. The first kappa shape index (κ1) is 19.3. The number of rotatable bonds is 7. The number of phenolic OH excluding ortho intramolecular Hbond substituents is 1. The lowest BCUT2D eigenvalue weighted by atomic mass is 10.1. The third-order valence-corrected chi connectivity index (χ3v) is 4.32. The van der Waals surface area contributed by atoms with Crippen molar-refractivity contribution >= 4 is 5.91 Å². The monoisotopic (exact) mass is 382 g/mol. The lowest BCUT2D eigenvalue weighted by molar-refractivity contribution is 0.0948. The molecule has 0 atom stereocenters. The van der Waals surface area contributed by atoms with Gasteiger partial charge in [-0.15, -0.1) is 0 Å². The van der Waals surface area contributed by atoms with Crippen LogP contribution in [0.3, 0.4) is 0 Å². The van der Waals surface area contributed by atoms with Crippen LogP contribution >= 0.6 is 0 Å². The Labute approximate surface area is 162 Å². The Balaban J connectivity index is 1.75. The van der Waals surface area contributed by atoms with Crippen LogP contribution in [0.1, 0.15) is 21.8 Å². The van der Waals surface area contributed by atoms with Crippen LogP contribution in [0.25, 0.3) is 11.5 Å². The number of nitrogens with zero attached hydrogens (tertiary/aromatic N) is 1. The van der Waals surface area contributed by atoms with Gasteiger partial charge in [-0.1, -0.05) is 24.3 Å². The zero-order valence-corrected chi connectivity index (χ0v) is 16.0. The van der Waals surface area contributed by atoms with Gasteiger partial charge in [-0.2, -0.15) is 0 Å². The van der Waals surface area contributed by atoms with Crippen molar-refractivity contribution in [1.82, 2.24) is 10.3 Å². The highest BCUT2D eigenvalue weighted by molar-refractivity contribution is 5.93. The van der Waals surface area contributed by atoms with E-state index in [2.05, 4.69) is 10.3 Å². The van der Waals surface area contributed by atoms with E-state index in [-0.39, 0.29) is 23.2 Å². The molecule has 0 aliphatic heterocycles. The van der Waals surface area contributed by atoms with E-state index in [4.69, 9.17) is 13.9 Å². The van der Waals surface area contributed by atoms with Gasteiger partial charge in [0.15, 0.2) is 17.2 Å². The molecule has 146 valence electrons. The number of carbonyl (C=O) groups excluding carboxylic acids is 1. The van der Waals surface area contributed by atoms with Gasteiger partial charge in [-0.25, -0.2) is 4.98 Å². The van der Waals surface area contributed by atoms with Gasteiger partial charge in [0.05, 0.1) is 19.8 Å². The van der Waals surface area contributed by atoms with Gasteiger partial charge in [-0.3, -0.25) is 4.79 Å². The number of phenols is 1. The topological polar surface area (TPSA) is 93.8 Å². The summed E-state index contributed by atoms with van der Waals surface area (Å²) in [5.41, 5.74) is 1.57. The summed E-state index contributed by atoms with van der Waals surface area (Å²) in [6.45, 7) is 2.04. The molecule has 0 spiro atoms. The molecule has 28 heavy (non-hydrogen) atoms. The largest absolute Gasteiger partial charge is 0.508 e. The summed E-state index contributed by atoms with van der Waals surface area (Å²) >= 11 is 0. The van der Waals surface area contributed by atoms with E-state index in [9.17, 15) is 9.90 Å². The van der Waals surface area contributed by atoms with Gasteiger partial charge in [0.25, 0.3) is 5.91 Å². The quantitative estimate of drug-likeness (QED) is 0.651. The number of hydrogen-bond donors (Lipinski definition) is 2. The average Bonchev–Trinajstić information content (AvgIpc) is 3.10. The number of hydrogen-bond acceptors (Lipinski definition) is 6. The molecule has 0 radical (unpaired) electrons. The Bertz CT molecular complexity index is 981. The van der Waals surface area contributed by atoms with Crippen LogP contribution in [0.4, 0.5) is 0 Å². The Morgan fingerprint density at radius 1 is 1.14 bits per heavy atom. The number of nitrogens with one attached hydrogen (secondary N) is 1. The van der Waals surface area contributed by atoms with Crippen molar-refractivity contribution < 1.29 is 23.8 Å². The number of ether oxygens (including phenoxy) is 2. The maximum atomic E-state index is 12.5. The predicted molar refractivity (Wildman–Crippen MR) is 104 cm³/mol. The molecular weight excluding hydrogens is 360 g/mol. The number of aromatic nitrogens is 1. The first-order valence-electron chi connectivity index (χ1n) is 8.79. The van der Waals surface area contributed by atoms with E-state index < -0.39 is 0 Å². The van der Waals surface area contributed by atoms with Crippen molar-refractivity contribution in [1.29, 1.82) is 0 Å². The molecule has 7 heteroatoms. The average molecular weight is 382 g/mol. The van der Waals surface area contributed by atoms with E-state index in [1.165, 1.54) is 7.11 Å². The van der Waals surface area contributed by atoms with Crippen LogP contribution in [-0.2, 0) is 6.42 Å². The van der Waals surface area contributed by atoms with Gasteiger partial charge in [0, 0.05) is 6.54 Å². The highest BCUT2D eigenvalue weighted by Crippen LogP contribution is 2.37. The summed E-state index contributed by atoms with van der Waals surface area (Å²) in [6, 6.07) is 12.4. The van der Waals surface area contributed by atoms with Crippen LogP contribution in [0.15, 0.2) is 46.9 Å². The molecule has 2 N–H and O–H groups in total. The minimum Gasteiger partial charge on any atom is -0.508 e. The highest BCUT2D eigenvalue weighted by Gasteiger charge is 2.21. The number of carbonyl (C=O) groups is 1. The number of methoxy groups -OCH3 is 2. The molecule has 1 aromatic heterocycles. The summed E-state index contributed by atoms with van der Waals surface area (Å²) in [7, 11) is 3.08. The summed E-state index contributed by atoms with van der Waals surface area (Å²) in [5.74, 6) is 1.58. The van der Waals surface area contributed by atoms with Crippen molar-refractivity contribution in [2.45, 2.75) is 13.3 Å². The summed E-state index contributed by atoms with van der Waals surface area (Å²) in [4.78, 5) is 16.9. The number of aromatic hydroxyl groups is 1. The number of para-hydroxylation sites is 2. The molecule has 7 nitrogen and oxygen atoms in total. The zero-order valence-electron chi connectivity index (χ0n) is 16.0. The second-order valence-corrected chi connectivity index (χ2v) is 6.10. The van der Waals surface area contributed by atoms with Crippen molar-refractivity contribution in [2.24, 2.45) is 0 Å². The molecule has 1 amide bonds. The van der Waals surface area contributed by atoms with E-state index in [1.54, 1.807) is 44.4 Å². The molecule has 2 aromatic carbocycles. The third kappa shape index (κ3) is 3.93. The molecule has 0 saturated heterocycles. The van der Waals surface area contributed by atoms with E-state index in [0.29, 0.717) is 35.8 Å². The molecule has 3 aromatic rings. The zero-order chi connectivity index (χ0) is 20.1. The highest BCUT2D eigenvalue weighted by atomic mass is 16.5. The maximum absolute atomic E-state index is 12.5. The van der Waals surface area contributed by atoms with E-state index in [0.717, 1.165) is 5.56 Å². The third-order valence-electron chi connectivity index (χ3n) is 4.32. The lowest BCUT2D eigenvalue weighted by Gasteiger charge is -2.09. The second-order valence-electron chi connectivity index (χ2n) is 6.10. The SMILES string of the molecule is COc1cccc(-c2nc(C(=O)NCCc3ccccc3O)c(C)o2)c1OC. The van der Waals surface area contributed by atoms with Crippen molar-refractivity contribution in [3.05, 3.63) is 59.5 Å². The number of amides is 1. The van der Waals surface area contributed by atoms with Crippen LogP contribution in [-0.4, -0.2) is 36.8 Å². The molecule has 0 unspecified atom stereocenters. The van der Waals surface area contributed by atoms with Gasteiger partial charge in [0.1, 0.15) is 11.5 Å². The standard InChI is InChI=1S/C21H22N2O5/c1-13-18(20(25)22-12-11-14-7-4-5-9-16(14)24)23-21(28-13)15-8-6-10-17(26-2)19(15)27-3/h4-10,24H,11-12H2,1-3H3,(H,22,25). The lowest BCUT2D eigenvalue weighted by Crippen LogP contribution is -2.26. The smallest absolute Gasteiger partial charge is 0.273 e. The molecule has 0 aliphatic carbocycles. The first-order chi connectivity index (χ1) is 13.5. The summed E-state index contributed by atoms with van der Waals surface area (Å²) < 4.78 is 16.4. The van der Waals surface area contributed by atoms with Gasteiger partial charge >= 0.3 is 0 Å². The van der Waals surface area contributed by atoms with Crippen molar-refractivity contribution in [3.8, 4) is 28.7 Å². The van der Waals surface area contributed by atoms with Crippen LogP contribution in [0, 0.1) is 6.92 Å². The van der Waals surface area contributed by atoms with Gasteiger partial charge in [-0.05, 0) is 37.1 Å². The number of aryl methyl sites for hydroxylation is 1. The van der Waals surface area contributed by atoms with Crippen LogP contribution in [0.2, 0.25) is 0 Å². The molecule has 0 aliphatic rings. The summed E-state index contributed by atoms with van der Waals surface area (Å²) in [6.07, 6.45) is 0.506. The number of benzene rings is 2. The minimum atomic E-state index is -0.343. The van der Waals surface area contributed by atoms with Crippen LogP contribution in [0.5, 0.6) is 17.2 Å². The Kier molecular flexibility index (Phi) is 5.84. The number of oxazole rings is 1. The molecular formula is C21H22N2O5. The van der Waals surface area contributed by atoms with Crippen LogP contribution < -0.4 is 14.8 Å².